The highest BCUT2D eigenvalue weighted by atomic mass is 32.2. The van der Waals surface area contributed by atoms with E-state index in [2.05, 4.69) is 10.3 Å². The monoisotopic (exact) mass is 476 g/mol. The van der Waals surface area contributed by atoms with Crippen LogP contribution in [0.2, 0.25) is 0 Å². The number of anilines is 2. The molecular weight excluding hydrogens is 448 g/mol. The van der Waals surface area contributed by atoms with Gasteiger partial charge in [-0.25, -0.2) is 13.4 Å². The van der Waals surface area contributed by atoms with Crippen molar-refractivity contribution in [1.82, 2.24) is 9.29 Å². The van der Waals surface area contributed by atoms with Crippen LogP contribution >= 0.6 is 11.3 Å². The number of aryl methyl sites for hydroxylation is 1. The van der Waals surface area contributed by atoms with E-state index < -0.39 is 10.0 Å². The Morgan fingerprint density at radius 1 is 1.12 bits per heavy atom. The third-order valence-electron chi connectivity index (χ3n) is 5.84. The van der Waals surface area contributed by atoms with Gasteiger partial charge >= 0.3 is 0 Å². The van der Waals surface area contributed by atoms with Crippen molar-refractivity contribution in [3.8, 4) is 0 Å². The number of rotatable bonds is 6. The predicted octanol–water partition coefficient (Wildman–Crippen LogP) is 3.32. The minimum absolute atomic E-state index is 0.0562. The molecule has 0 saturated carbocycles. The Kier molecular flexibility index (Phi) is 6.92. The molecule has 3 heterocycles. The number of thiazole rings is 1. The Labute approximate surface area is 192 Å². The van der Waals surface area contributed by atoms with E-state index in [-0.39, 0.29) is 23.1 Å². The molecule has 1 N–H and O–H groups in total. The molecule has 0 unspecified atom stereocenters. The Morgan fingerprint density at radius 3 is 2.56 bits per heavy atom. The van der Waals surface area contributed by atoms with Gasteiger partial charge in [0.25, 0.3) is 0 Å². The standard InChI is InChI=1S/C22H28N4O4S2/c1-16-8-9-17(13-19(16)32(29,30)25-10-4-2-3-5-11-25)23-20(27)14-18-15-31-22(24-18)26-12-6-7-21(26)28/h8-9,13,15H,2-7,10-12,14H2,1H3,(H,23,27). The summed E-state index contributed by atoms with van der Waals surface area (Å²) in [7, 11) is -3.61. The highest BCUT2D eigenvalue weighted by Crippen LogP contribution is 2.27. The summed E-state index contributed by atoms with van der Waals surface area (Å²) in [5, 5.41) is 5.20. The second-order valence-corrected chi connectivity index (χ2v) is 11.0. The summed E-state index contributed by atoms with van der Waals surface area (Å²) in [6, 6.07) is 4.98. The van der Waals surface area contributed by atoms with Gasteiger partial charge in [0.15, 0.2) is 5.13 Å². The van der Waals surface area contributed by atoms with Crippen molar-refractivity contribution in [2.45, 2.75) is 56.8 Å². The normalized spacial score (nSPS) is 18.0. The lowest BCUT2D eigenvalue weighted by molar-refractivity contribution is -0.117. The lowest BCUT2D eigenvalue weighted by Gasteiger charge is -2.21. The summed E-state index contributed by atoms with van der Waals surface area (Å²) in [5.74, 6) is -0.218. The van der Waals surface area contributed by atoms with Crippen LogP contribution in [0, 0.1) is 6.92 Å². The molecular formula is C22H28N4O4S2. The van der Waals surface area contributed by atoms with Crippen LogP contribution < -0.4 is 10.2 Å². The van der Waals surface area contributed by atoms with Gasteiger partial charge in [-0.05, 0) is 43.9 Å². The number of amides is 2. The molecule has 0 bridgehead atoms. The molecule has 8 nitrogen and oxygen atoms in total. The molecule has 2 fully saturated rings. The minimum Gasteiger partial charge on any atom is -0.326 e. The zero-order valence-corrected chi connectivity index (χ0v) is 19.8. The van der Waals surface area contributed by atoms with Crippen LogP contribution in [0.15, 0.2) is 28.5 Å². The van der Waals surface area contributed by atoms with Gasteiger partial charge in [0.1, 0.15) is 0 Å². The molecule has 4 rings (SSSR count). The molecule has 2 aliphatic heterocycles. The molecule has 0 aliphatic carbocycles. The molecule has 1 aromatic heterocycles. The summed E-state index contributed by atoms with van der Waals surface area (Å²) >= 11 is 1.35. The number of carbonyl (C=O) groups excluding carboxylic acids is 2. The van der Waals surface area contributed by atoms with E-state index in [1.165, 1.54) is 11.3 Å². The van der Waals surface area contributed by atoms with Gasteiger partial charge in [-0.2, -0.15) is 4.31 Å². The van der Waals surface area contributed by atoms with Crippen molar-refractivity contribution in [2.24, 2.45) is 0 Å². The molecule has 10 heteroatoms. The predicted molar refractivity (Wildman–Crippen MR) is 124 cm³/mol. The maximum Gasteiger partial charge on any atom is 0.243 e. The number of benzene rings is 1. The van der Waals surface area contributed by atoms with Crippen LogP contribution in [-0.4, -0.2) is 49.2 Å². The summed E-state index contributed by atoms with van der Waals surface area (Å²) < 4.78 is 28.0. The second-order valence-electron chi connectivity index (χ2n) is 8.29. The number of nitrogens with zero attached hydrogens (tertiary/aromatic N) is 3. The Hall–Kier alpha value is -2.30. The molecule has 2 saturated heterocycles. The maximum absolute atomic E-state index is 13.2. The zero-order chi connectivity index (χ0) is 22.7. The highest BCUT2D eigenvalue weighted by Gasteiger charge is 2.27. The van der Waals surface area contributed by atoms with Gasteiger partial charge in [0, 0.05) is 37.1 Å². The molecule has 172 valence electrons. The summed E-state index contributed by atoms with van der Waals surface area (Å²) in [5.41, 5.74) is 1.69. The van der Waals surface area contributed by atoms with Crippen molar-refractivity contribution in [3.63, 3.8) is 0 Å². The first-order chi connectivity index (χ1) is 15.3. The van der Waals surface area contributed by atoms with E-state index in [0.29, 0.717) is 48.1 Å². The van der Waals surface area contributed by atoms with Crippen LogP contribution in [0.3, 0.4) is 0 Å². The lowest BCUT2D eigenvalue weighted by Crippen LogP contribution is -2.32. The van der Waals surface area contributed by atoms with Crippen molar-refractivity contribution < 1.29 is 18.0 Å². The lowest BCUT2D eigenvalue weighted by atomic mass is 10.2. The Balaban J connectivity index is 1.45. The van der Waals surface area contributed by atoms with Gasteiger partial charge in [-0.15, -0.1) is 11.3 Å². The van der Waals surface area contributed by atoms with Crippen LogP contribution in [0.25, 0.3) is 0 Å². The fraction of sp³-hybridized carbons (Fsp3) is 0.500. The smallest absolute Gasteiger partial charge is 0.243 e. The first-order valence-electron chi connectivity index (χ1n) is 11.0. The second kappa shape index (κ2) is 9.68. The van der Waals surface area contributed by atoms with Gasteiger partial charge in [0.2, 0.25) is 21.8 Å². The topological polar surface area (TPSA) is 99.7 Å². The van der Waals surface area contributed by atoms with Gasteiger partial charge in [-0.1, -0.05) is 18.9 Å². The first kappa shape index (κ1) is 22.9. The van der Waals surface area contributed by atoms with E-state index in [9.17, 15) is 18.0 Å². The molecule has 2 aromatic rings. The third kappa shape index (κ3) is 5.02. The zero-order valence-electron chi connectivity index (χ0n) is 18.2. The minimum atomic E-state index is -3.61. The average Bonchev–Trinajstić information content (AvgIpc) is 3.28. The van der Waals surface area contributed by atoms with Crippen molar-refractivity contribution in [2.75, 3.05) is 29.9 Å². The first-order valence-corrected chi connectivity index (χ1v) is 13.3. The van der Waals surface area contributed by atoms with Crippen molar-refractivity contribution in [3.05, 3.63) is 34.8 Å². The molecule has 2 amide bonds. The van der Waals surface area contributed by atoms with Gasteiger partial charge in [0.05, 0.1) is 17.0 Å². The maximum atomic E-state index is 13.2. The number of sulfonamides is 1. The van der Waals surface area contributed by atoms with E-state index >= 15 is 0 Å². The molecule has 0 atom stereocenters. The van der Waals surface area contributed by atoms with Gasteiger partial charge < -0.3 is 5.32 Å². The van der Waals surface area contributed by atoms with Crippen LogP contribution in [0.4, 0.5) is 10.8 Å². The number of hydrogen-bond donors (Lipinski definition) is 1. The van der Waals surface area contributed by atoms with E-state index in [1.807, 2.05) is 0 Å². The molecule has 32 heavy (non-hydrogen) atoms. The SMILES string of the molecule is Cc1ccc(NC(=O)Cc2csc(N3CCCC3=O)n2)cc1S(=O)(=O)N1CCCCCC1. The largest absolute Gasteiger partial charge is 0.326 e. The average molecular weight is 477 g/mol. The number of nitrogens with one attached hydrogen (secondary N) is 1. The molecule has 0 spiro atoms. The molecule has 1 aromatic carbocycles. The molecule has 2 aliphatic rings. The summed E-state index contributed by atoms with van der Waals surface area (Å²) in [4.78, 5) is 30.8. The fourth-order valence-corrected chi connectivity index (χ4v) is 6.73. The number of hydrogen-bond acceptors (Lipinski definition) is 6. The van der Waals surface area contributed by atoms with Gasteiger partial charge in [-0.3, -0.25) is 14.5 Å². The van der Waals surface area contributed by atoms with E-state index in [0.717, 1.165) is 32.1 Å². The molecule has 0 radical (unpaired) electrons. The van der Waals surface area contributed by atoms with E-state index in [1.54, 1.807) is 39.7 Å². The summed E-state index contributed by atoms with van der Waals surface area (Å²) in [6.07, 6.45) is 5.24. The Morgan fingerprint density at radius 2 is 1.88 bits per heavy atom. The van der Waals surface area contributed by atoms with Crippen LogP contribution in [0.1, 0.15) is 49.8 Å². The fourth-order valence-electron chi connectivity index (χ4n) is 4.10. The highest BCUT2D eigenvalue weighted by molar-refractivity contribution is 7.89. The Bertz CT molecular complexity index is 1100. The van der Waals surface area contributed by atoms with Crippen LogP contribution in [-0.2, 0) is 26.0 Å². The number of aromatic nitrogens is 1. The summed E-state index contributed by atoms with van der Waals surface area (Å²) in [6.45, 7) is 3.50. The van der Waals surface area contributed by atoms with Crippen molar-refractivity contribution >= 4 is 44.0 Å². The van der Waals surface area contributed by atoms with E-state index in [4.69, 9.17) is 0 Å². The quantitative estimate of drug-likeness (QED) is 0.689. The third-order valence-corrected chi connectivity index (χ3v) is 8.79. The van der Waals surface area contributed by atoms with Crippen LogP contribution in [0.5, 0.6) is 0 Å². The number of carbonyl (C=O) groups is 2. The van der Waals surface area contributed by atoms with Crippen molar-refractivity contribution in [1.29, 1.82) is 0 Å².